The molecule has 1 aromatic carbocycles. The van der Waals surface area contributed by atoms with E-state index in [4.69, 9.17) is 11.5 Å². The largest absolute Gasteiger partial charge is 0.398 e. The zero-order valence-corrected chi connectivity index (χ0v) is 18.3. The van der Waals surface area contributed by atoms with Crippen LogP contribution in [0.15, 0.2) is 42.9 Å². The fraction of sp³-hybridized carbons (Fsp3) is 0.292. The number of primary amides is 1. The molecule has 9 heteroatoms. The molecule has 0 unspecified atom stereocenters. The Hall–Kier alpha value is -4.01. The predicted molar refractivity (Wildman–Crippen MR) is 126 cm³/mol. The van der Waals surface area contributed by atoms with Crippen molar-refractivity contribution in [3.63, 3.8) is 0 Å². The summed E-state index contributed by atoms with van der Waals surface area (Å²) in [5, 5.41) is 6.80. The van der Waals surface area contributed by atoms with Gasteiger partial charge >= 0.3 is 11.8 Å². The number of carbonyl (C=O) groups excluding carboxylic acids is 3. The van der Waals surface area contributed by atoms with Crippen LogP contribution in [0.4, 0.5) is 11.5 Å². The van der Waals surface area contributed by atoms with Crippen LogP contribution in [0.3, 0.4) is 0 Å². The number of carbonyl (C=O) groups is 3. The predicted octanol–water partition coefficient (Wildman–Crippen LogP) is 2.29. The van der Waals surface area contributed by atoms with Crippen molar-refractivity contribution in [1.29, 1.82) is 0 Å². The lowest BCUT2D eigenvalue weighted by atomic mass is 9.85. The number of nitrogens with one attached hydrogen (secondary N) is 2. The van der Waals surface area contributed by atoms with E-state index in [2.05, 4.69) is 20.6 Å². The first kappa shape index (κ1) is 22.2. The fourth-order valence-electron chi connectivity index (χ4n) is 4.22. The minimum absolute atomic E-state index is 0.159. The number of nitrogens with zero attached hydrogens (tertiary/aromatic N) is 2. The Morgan fingerprint density at radius 1 is 1.03 bits per heavy atom. The fourth-order valence-corrected chi connectivity index (χ4v) is 4.22. The van der Waals surface area contributed by atoms with Gasteiger partial charge in [-0.05, 0) is 73.4 Å². The highest BCUT2D eigenvalue weighted by Gasteiger charge is 2.27. The van der Waals surface area contributed by atoms with Gasteiger partial charge in [0.2, 0.25) is 5.91 Å². The van der Waals surface area contributed by atoms with E-state index in [0.29, 0.717) is 31.4 Å². The van der Waals surface area contributed by atoms with Gasteiger partial charge in [-0.1, -0.05) is 0 Å². The summed E-state index contributed by atoms with van der Waals surface area (Å²) in [5.74, 6) is -1.77. The lowest BCUT2D eigenvalue weighted by Crippen LogP contribution is -2.44. The van der Waals surface area contributed by atoms with Crippen LogP contribution in [0.1, 0.15) is 31.2 Å². The van der Waals surface area contributed by atoms with E-state index in [1.807, 2.05) is 25.1 Å². The Kier molecular flexibility index (Phi) is 6.21. The van der Waals surface area contributed by atoms with Crippen LogP contribution in [0.5, 0.6) is 0 Å². The SMILES string of the molecule is Cc1ccncc1-c1cc(N)c2cnc(NC(=O)C(=O)NC3CCC(C(N)=O)CC3)cc2c1. The van der Waals surface area contributed by atoms with E-state index < -0.39 is 11.8 Å². The second-order valence-electron chi connectivity index (χ2n) is 8.43. The van der Waals surface area contributed by atoms with Gasteiger partial charge in [0.05, 0.1) is 0 Å². The molecule has 4 rings (SSSR count). The van der Waals surface area contributed by atoms with Crippen LogP contribution >= 0.6 is 0 Å². The summed E-state index contributed by atoms with van der Waals surface area (Å²) < 4.78 is 0. The molecule has 170 valence electrons. The number of hydrogen-bond acceptors (Lipinski definition) is 6. The van der Waals surface area contributed by atoms with E-state index >= 15 is 0 Å². The second-order valence-corrected chi connectivity index (χ2v) is 8.43. The van der Waals surface area contributed by atoms with Gasteiger partial charge in [-0.25, -0.2) is 4.98 Å². The number of nitrogens with two attached hydrogens (primary N) is 2. The number of anilines is 2. The van der Waals surface area contributed by atoms with Crippen molar-refractivity contribution >= 4 is 40.0 Å². The van der Waals surface area contributed by atoms with Crippen LogP contribution in [0.2, 0.25) is 0 Å². The Morgan fingerprint density at radius 3 is 2.48 bits per heavy atom. The summed E-state index contributed by atoms with van der Waals surface area (Å²) in [5.41, 5.74) is 15.1. The van der Waals surface area contributed by atoms with Crippen molar-refractivity contribution in [1.82, 2.24) is 15.3 Å². The van der Waals surface area contributed by atoms with Crippen LogP contribution in [-0.4, -0.2) is 33.7 Å². The highest BCUT2D eigenvalue weighted by Crippen LogP contribution is 2.31. The highest BCUT2D eigenvalue weighted by molar-refractivity contribution is 6.39. The summed E-state index contributed by atoms with van der Waals surface area (Å²) in [6.45, 7) is 1.99. The summed E-state index contributed by atoms with van der Waals surface area (Å²) >= 11 is 0. The molecule has 3 amide bonds. The van der Waals surface area contributed by atoms with Crippen molar-refractivity contribution in [2.24, 2.45) is 11.7 Å². The molecule has 1 saturated carbocycles. The minimum Gasteiger partial charge on any atom is -0.398 e. The van der Waals surface area contributed by atoms with Gasteiger partial charge in [0.1, 0.15) is 5.82 Å². The van der Waals surface area contributed by atoms with Gasteiger partial charge in [-0.2, -0.15) is 0 Å². The number of fused-ring (bicyclic) bond motifs is 1. The maximum atomic E-state index is 12.4. The average Bonchev–Trinajstić information content (AvgIpc) is 2.79. The van der Waals surface area contributed by atoms with Crippen LogP contribution in [-0.2, 0) is 14.4 Å². The first-order valence-corrected chi connectivity index (χ1v) is 10.8. The zero-order chi connectivity index (χ0) is 23.5. The lowest BCUT2D eigenvalue weighted by Gasteiger charge is -2.27. The normalized spacial score (nSPS) is 18.0. The maximum Gasteiger partial charge on any atom is 0.314 e. The third kappa shape index (κ3) is 4.92. The Morgan fingerprint density at radius 2 is 1.79 bits per heavy atom. The molecule has 0 atom stereocenters. The average molecular weight is 447 g/mol. The molecular weight excluding hydrogens is 420 g/mol. The monoisotopic (exact) mass is 446 g/mol. The number of nitrogen functional groups attached to an aromatic ring is 1. The number of hydrogen-bond donors (Lipinski definition) is 4. The molecule has 33 heavy (non-hydrogen) atoms. The standard InChI is InChI=1S/C24H26N6O3/c1-13-6-7-27-11-18(13)15-8-16-10-21(28-12-19(16)20(25)9-15)30-24(33)23(32)29-17-4-2-14(3-5-17)22(26)31/h6-12,14,17H,2-5,25H2,1H3,(H2,26,31)(H,29,32)(H,28,30,33). The second kappa shape index (κ2) is 9.23. The van der Waals surface area contributed by atoms with Gasteiger partial charge in [0.15, 0.2) is 0 Å². The first-order chi connectivity index (χ1) is 15.8. The molecule has 1 fully saturated rings. The summed E-state index contributed by atoms with van der Waals surface area (Å²) in [7, 11) is 0. The van der Waals surface area contributed by atoms with Crippen molar-refractivity contribution in [3.05, 3.63) is 48.4 Å². The summed E-state index contributed by atoms with van der Waals surface area (Å²) in [6, 6.07) is 7.27. The quantitative estimate of drug-likeness (QED) is 0.356. The Bertz CT molecular complexity index is 1230. The molecule has 0 spiro atoms. The number of rotatable bonds is 4. The highest BCUT2D eigenvalue weighted by atomic mass is 16.2. The zero-order valence-electron chi connectivity index (χ0n) is 18.3. The molecule has 1 aliphatic rings. The molecule has 2 aromatic heterocycles. The number of amides is 3. The van der Waals surface area contributed by atoms with Crippen molar-refractivity contribution in [3.8, 4) is 11.1 Å². The number of benzene rings is 1. The lowest BCUT2D eigenvalue weighted by molar-refractivity contribution is -0.136. The van der Waals surface area contributed by atoms with Gasteiger partial charge in [0, 0.05) is 47.2 Å². The smallest absolute Gasteiger partial charge is 0.314 e. The first-order valence-electron chi connectivity index (χ1n) is 10.8. The van der Waals surface area contributed by atoms with Gasteiger partial charge < -0.3 is 22.1 Å². The molecular formula is C24H26N6O3. The Balaban J connectivity index is 1.47. The van der Waals surface area contributed by atoms with E-state index in [1.54, 1.807) is 24.7 Å². The molecule has 0 radical (unpaired) electrons. The third-order valence-corrected chi connectivity index (χ3v) is 6.13. The molecule has 0 saturated heterocycles. The molecule has 9 nitrogen and oxygen atoms in total. The number of pyridine rings is 2. The summed E-state index contributed by atoms with van der Waals surface area (Å²) in [6.07, 6.45) is 7.51. The van der Waals surface area contributed by atoms with Gasteiger partial charge in [-0.3, -0.25) is 19.4 Å². The molecule has 3 aromatic rings. The van der Waals surface area contributed by atoms with Crippen LogP contribution < -0.4 is 22.1 Å². The van der Waals surface area contributed by atoms with Crippen molar-refractivity contribution in [2.75, 3.05) is 11.1 Å². The Labute approximate surface area is 191 Å². The number of aromatic nitrogens is 2. The van der Waals surface area contributed by atoms with Gasteiger partial charge in [-0.15, -0.1) is 0 Å². The van der Waals surface area contributed by atoms with Crippen molar-refractivity contribution in [2.45, 2.75) is 38.6 Å². The maximum absolute atomic E-state index is 12.4. The topological polar surface area (TPSA) is 153 Å². The van der Waals surface area contributed by atoms with Gasteiger partial charge in [0.25, 0.3) is 0 Å². The molecule has 0 aliphatic heterocycles. The van der Waals surface area contributed by atoms with E-state index in [-0.39, 0.29) is 23.7 Å². The van der Waals surface area contributed by atoms with Crippen molar-refractivity contribution < 1.29 is 14.4 Å². The minimum atomic E-state index is -0.800. The number of aryl methyl sites for hydroxylation is 1. The summed E-state index contributed by atoms with van der Waals surface area (Å²) in [4.78, 5) is 44.5. The van der Waals surface area contributed by atoms with E-state index in [0.717, 1.165) is 27.5 Å². The molecule has 6 N–H and O–H groups in total. The molecule has 0 bridgehead atoms. The third-order valence-electron chi connectivity index (χ3n) is 6.13. The molecule has 2 heterocycles. The van der Waals surface area contributed by atoms with Crippen LogP contribution in [0, 0.1) is 12.8 Å². The van der Waals surface area contributed by atoms with E-state index in [1.165, 1.54) is 0 Å². The van der Waals surface area contributed by atoms with E-state index in [9.17, 15) is 14.4 Å². The molecule has 1 aliphatic carbocycles. The van der Waals surface area contributed by atoms with Crippen LogP contribution in [0.25, 0.3) is 21.9 Å².